The van der Waals surface area contributed by atoms with Gasteiger partial charge in [0, 0.05) is 54.0 Å². The Morgan fingerprint density at radius 3 is 2.33 bits per heavy atom. The van der Waals surface area contributed by atoms with Crippen molar-refractivity contribution in [1.82, 2.24) is 10.5 Å². The van der Waals surface area contributed by atoms with E-state index in [0.29, 0.717) is 65.3 Å². The Balaban J connectivity index is 1.73. The lowest BCUT2D eigenvalue weighted by Gasteiger charge is -2.34. The maximum absolute atomic E-state index is 14.9. The van der Waals surface area contributed by atoms with E-state index in [1.807, 2.05) is 5.48 Å². The standard InChI is InChI=1S/C28H25F4N5O2/c1-39-36-28(38)35-26-21(12-19(31)13-24(26)32)15-2-3-25-22(10-15)27(37-6-4-20(33)5-7-37)23(14-34-25)16-8-17(29)11-18(30)9-16/h2-3,8-14,20H,4-7,33H2,1H3,(H2,35,36,38). The molecule has 3 aromatic carbocycles. The minimum absolute atomic E-state index is 0.0297. The second-order valence-electron chi connectivity index (χ2n) is 9.31. The predicted molar refractivity (Wildman–Crippen MR) is 141 cm³/mol. The molecule has 0 unspecified atom stereocenters. The van der Waals surface area contributed by atoms with Crippen LogP contribution >= 0.6 is 0 Å². The molecule has 0 radical (unpaired) electrons. The summed E-state index contributed by atoms with van der Waals surface area (Å²) in [7, 11) is 1.22. The molecule has 202 valence electrons. The number of piperidine rings is 1. The Labute approximate surface area is 221 Å². The van der Waals surface area contributed by atoms with Crippen LogP contribution in [0, 0.1) is 23.3 Å². The highest BCUT2D eigenvalue weighted by Crippen LogP contribution is 2.41. The topological polar surface area (TPSA) is 92.5 Å². The molecule has 0 spiro atoms. The van der Waals surface area contributed by atoms with Gasteiger partial charge in [0.1, 0.15) is 23.3 Å². The van der Waals surface area contributed by atoms with Crippen LogP contribution in [0.3, 0.4) is 0 Å². The van der Waals surface area contributed by atoms with Crippen molar-refractivity contribution in [3.63, 3.8) is 0 Å². The number of nitrogens with two attached hydrogens (primary N) is 1. The Kier molecular flexibility index (Phi) is 7.36. The molecule has 5 rings (SSSR count). The number of pyridine rings is 1. The lowest BCUT2D eigenvalue weighted by molar-refractivity contribution is 0.114. The second kappa shape index (κ2) is 10.9. The van der Waals surface area contributed by atoms with Gasteiger partial charge in [-0.15, -0.1) is 0 Å². The van der Waals surface area contributed by atoms with E-state index in [4.69, 9.17) is 5.73 Å². The molecule has 1 saturated heterocycles. The first-order valence-corrected chi connectivity index (χ1v) is 12.2. The average molecular weight is 540 g/mol. The number of benzene rings is 3. The van der Waals surface area contributed by atoms with Crippen LogP contribution in [0.5, 0.6) is 0 Å². The van der Waals surface area contributed by atoms with Gasteiger partial charge in [0.15, 0.2) is 0 Å². The molecule has 1 fully saturated rings. The van der Waals surface area contributed by atoms with Crippen molar-refractivity contribution in [2.75, 3.05) is 30.4 Å². The van der Waals surface area contributed by atoms with E-state index in [-0.39, 0.29) is 17.3 Å². The van der Waals surface area contributed by atoms with Gasteiger partial charge in [-0.05, 0) is 54.3 Å². The fourth-order valence-corrected chi connectivity index (χ4v) is 4.89. The lowest BCUT2D eigenvalue weighted by atomic mass is 9.95. The van der Waals surface area contributed by atoms with Crippen molar-refractivity contribution in [3.8, 4) is 22.3 Å². The Morgan fingerprint density at radius 1 is 0.949 bits per heavy atom. The van der Waals surface area contributed by atoms with Crippen LogP contribution in [0.4, 0.5) is 33.7 Å². The normalized spacial score (nSPS) is 14.1. The van der Waals surface area contributed by atoms with Crippen LogP contribution in [0.1, 0.15) is 12.8 Å². The molecule has 2 amide bonds. The van der Waals surface area contributed by atoms with E-state index in [2.05, 4.69) is 20.0 Å². The fraction of sp³-hybridized carbons (Fsp3) is 0.214. The van der Waals surface area contributed by atoms with Gasteiger partial charge in [0.2, 0.25) is 0 Å². The van der Waals surface area contributed by atoms with E-state index in [9.17, 15) is 22.4 Å². The molecule has 7 nitrogen and oxygen atoms in total. The highest BCUT2D eigenvalue weighted by molar-refractivity contribution is 6.03. The number of hydrogen-bond acceptors (Lipinski definition) is 5. The molecule has 0 aliphatic carbocycles. The van der Waals surface area contributed by atoms with Crippen LogP contribution in [0.2, 0.25) is 0 Å². The van der Waals surface area contributed by atoms with Crippen molar-refractivity contribution >= 4 is 28.3 Å². The number of anilines is 2. The van der Waals surface area contributed by atoms with Crippen LogP contribution in [-0.2, 0) is 4.84 Å². The predicted octanol–water partition coefficient (Wildman–Crippen LogP) is 5.74. The van der Waals surface area contributed by atoms with Crippen LogP contribution in [0.15, 0.2) is 54.7 Å². The van der Waals surface area contributed by atoms with E-state index in [1.54, 1.807) is 24.4 Å². The van der Waals surface area contributed by atoms with Gasteiger partial charge in [-0.1, -0.05) is 6.07 Å². The van der Waals surface area contributed by atoms with Gasteiger partial charge < -0.3 is 16.0 Å². The monoisotopic (exact) mass is 539 g/mol. The summed E-state index contributed by atoms with van der Waals surface area (Å²) in [6.45, 7) is 1.18. The van der Waals surface area contributed by atoms with E-state index >= 15 is 0 Å². The first-order chi connectivity index (χ1) is 18.7. The molecule has 0 atom stereocenters. The molecule has 0 saturated carbocycles. The van der Waals surface area contributed by atoms with Gasteiger partial charge in [0.25, 0.3) is 0 Å². The minimum Gasteiger partial charge on any atom is -0.370 e. The first kappa shape index (κ1) is 26.4. The number of hydroxylamine groups is 1. The number of fused-ring (bicyclic) bond motifs is 1. The molecule has 1 aliphatic rings. The number of rotatable bonds is 5. The molecule has 2 heterocycles. The smallest absolute Gasteiger partial charge is 0.343 e. The van der Waals surface area contributed by atoms with E-state index < -0.39 is 29.3 Å². The zero-order valence-corrected chi connectivity index (χ0v) is 20.9. The number of halogens is 4. The van der Waals surface area contributed by atoms with E-state index in [0.717, 1.165) is 12.1 Å². The molecule has 11 heteroatoms. The highest BCUT2D eigenvalue weighted by Gasteiger charge is 2.24. The molecule has 1 aromatic heterocycles. The summed E-state index contributed by atoms with van der Waals surface area (Å²) in [5, 5.41) is 2.95. The largest absolute Gasteiger partial charge is 0.370 e. The first-order valence-electron chi connectivity index (χ1n) is 12.2. The maximum Gasteiger partial charge on any atom is 0.343 e. The zero-order valence-electron chi connectivity index (χ0n) is 20.9. The van der Waals surface area contributed by atoms with Gasteiger partial charge in [-0.3, -0.25) is 9.82 Å². The number of carbonyl (C=O) groups is 1. The van der Waals surface area contributed by atoms with Gasteiger partial charge >= 0.3 is 6.03 Å². The molecule has 39 heavy (non-hydrogen) atoms. The third-order valence-corrected chi connectivity index (χ3v) is 6.67. The van der Waals surface area contributed by atoms with E-state index in [1.165, 1.54) is 19.2 Å². The number of hydrogen-bond donors (Lipinski definition) is 3. The summed E-state index contributed by atoms with van der Waals surface area (Å²) in [5.41, 5.74) is 10.4. The fourth-order valence-electron chi connectivity index (χ4n) is 4.89. The summed E-state index contributed by atoms with van der Waals surface area (Å²) in [6.07, 6.45) is 2.97. The summed E-state index contributed by atoms with van der Waals surface area (Å²) < 4.78 is 57.6. The number of urea groups is 1. The number of carbonyl (C=O) groups excluding carboxylic acids is 1. The van der Waals surface area contributed by atoms with Gasteiger partial charge in [-0.25, -0.2) is 27.8 Å². The maximum atomic E-state index is 14.9. The Hall–Kier alpha value is -4.22. The summed E-state index contributed by atoms with van der Waals surface area (Å²) in [4.78, 5) is 23.3. The molecular weight excluding hydrogens is 514 g/mol. The summed E-state index contributed by atoms with van der Waals surface area (Å²) in [5.74, 6) is -3.28. The van der Waals surface area contributed by atoms with Gasteiger partial charge in [-0.2, -0.15) is 0 Å². The third kappa shape index (κ3) is 5.50. The highest BCUT2D eigenvalue weighted by atomic mass is 19.1. The van der Waals surface area contributed by atoms with Crippen molar-refractivity contribution in [3.05, 3.63) is 78.0 Å². The molecule has 4 aromatic rings. The number of nitrogens with one attached hydrogen (secondary N) is 2. The number of nitrogens with zero attached hydrogens (tertiary/aromatic N) is 2. The molecule has 1 aliphatic heterocycles. The Morgan fingerprint density at radius 2 is 1.64 bits per heavy atom. The minimum atomic E-state index is -0.983. The molecular formula is C28H25F4N5O2. The van der Waals surface area contributed by atoms with Crippen molar-refractivity contribution < 1.29 is 27.2 Å². The van der Waals surface area contributed by atoms with Crippen LogP contribution < -0.4 is 21.4 Å². The molecule has 4 N–H and O–H groups in total. The average Bonchev–Trinajstić information content (AvgIpc) is 2.89. The van der Waals surface area contributed by atoms with Crippen molar-refractivity contribution in [2.24, 2.45) is 5.73 Å². The second-order valence-corrected chi connectivity index (χ2v) is 9.31. The van der Waals surface area contributed by atoms with Crippen LogP contribution in [-0.4, -0.2) is 37.3 Å². The third-order valence-electron chi connectivity index (χ3n) is 6.67. The van der Waals surface area contributed by atoms with Gasteiger partial charge in [0.05, 0.1) is 24.0 Å². The summed E-state index contributed by atoms with van der Waals surface area (Å²) >= 11 is 0. The van der Waals surface area contributed by atoms with Crippen molar-refractivity contribution in [2.45, 2.75) is 18.9 Å². The molecule has 0 bridgehead atoms. The SMILES string of the molecule is CONC(=O)Nc1c(F)cc(F)cc1-c1ccc2ncc(-c3cc(F)cc(F)c3)c(N3CCC(N)CC3)c2c1. The number of amides is 2. The lowest BCUT2D eigenvalue weighted by Crippen LogP contribution is -2.40. The zero-order chi connectivity index (χ0) is 27.7. The number of aromatic nitrogens is 1. The quantitative estimate of drug-likeness (QED) is 0.222. The van der Waals surface area contributed by atoms with Crippen LogP contribution in [0.25, 0.3) is 33.2 Å². The van der Waals surface area contributed by atoms with Crippen molar-refractivity contribution in [1.29, 1.82) is 0 Å². The Bertz CT molecular complexity index is 1540. The summed E-state index contributed by atoms with van der Waals surface area (Å²) in [6, 6.07) is 9.19.